The fourth-order valence-electron chi connectivity index (χ4n) is 1.26. The van der Waals surface area contributed by atoms with Gasteiger partial charge in [0, 0.05) is 10.3 Å². The summed E-state index contributed by atoms with van der Waals surface area (Å²) in [5.41, 5.74) is 1.47. The molecule has 0 aliphatic carbocycles. The summed E-state index contributed by atoms with van der Waals surface area (Å²) in [6, 6.07) is 0. The van der Waals surface area contributed by atoms with Gasteiger partial charge in [0.2, 0.25) is 0 Å². The van der Waals surface area contributed by atoms with Crippen molar-refractivity contribution >= 4 is 11.3 Å². The standard InChI is InChI=1S/C11H19NS/c1-7(2)9-8(3)13-10(12-9)11(4,5)6/h7H,1-6H3. The highest BCUT2D eigenvalue weighted by Crippen LogP contribution is 2.31. The zero-order chi connectivity index (χ0) is 10.2. The topological polar surface area (TPSA) is 12.9 Å². The third kappa shape index (κ3) is 2.31. The van der Waals surface area contributed by atoms with Crippen molar-refractivity contribution in [3.05, 3.63) is 15.6 Å². The second kappa shape index (κ2) is 3.41. The highest BCUT2D eigenvalue weighted by Gasteiger charge is 2.20. The molecule has 13 heavy (non-hydrogen) atoms. The lowest BCUT2D eigenvalue weighted by Gasteiger charge is -2.13. The summed E-state index contributed by atoms with van der Waals surface area (Å²) in [6.07, 6.45) is 0. The normalized spacial score (nSPS) is 12.5. The first kappa shape index (κ1) is 10.7. The van der Waals surface area contributed by atoms with Crippen LogP contribution in [0.3, 0.4) is 0 Å². The maximum Gasteiger partial charge on any atom is 0.0984 e. The molecule has 2 heteroatoms. The van der Waals surface area contributed by atoms with Gasteiger partial charge >= 0.3 is 0 Å². The third-order valence-electron chi connectivity index (χ3n) is 2.02. The van der Waals surface area contributed by atoms with Crippen molar-refractivity contribution in [2.45, 2.75) is 52.9 Å². The number of aryl methyl sites for hydroxylation is 1. The fourth-order valence-corrected chi connectivity index (χ4v) is 2.39. The Morgan fingerprint density at radius 1 is 1.23 bits per heavy atom. The summed E-state index contributed by atoms with van der Waals surface area (Å²) in [5, 5.41) is 1.26. The Kier molecular flexibility index (Phi) is 2.81. The monoisotopic (exact) mass is 197 g/mol. The predicted molar refractivity (Wildman–Crippen MR) is 59.6 cm³/mol. The number of hydrogen-bond acceptors (Lipinski definition) is 2. The van der Waals surface area contributed by atoms with Crippen LogP contribution in [0, 0.1) is 6.92 Å². The van der Waals surface area contributed by atoms with Gasteiger partial charge in [-0.05, 0) is 12.8 Å². The minimum Gasteiger partial charge on any atom is -0.245 e. The van der Waals surface area contributed by atoms with Crippen LogP contribution in [0.25, 0.3) is 0 Å². The van der Waals surface area contributed by atoms with Crippen molar-refractivity contribution in [1.29, 1.82) is 0 Å². The largest absolute Gasteiger partial charge is 0.245 e. The Morgan fingerprint density at radius 3 is 2.00 bits per heavy atom. The van der Waals surface area contributed by atoms with E-state index in [0.29, 0.717) is 5.92 Å². The van der Waals surface area contributed by atoms with Crippen molar-refractivity contribution in [3.8, 4) is 0 Å². The molecule has 0 radical (unpaired) electrons. The molecule has 0 bridgehead atoms. The number of rotatable bonds is 1. The van der Waals surface area contributed by atoms with Crippen LogP contribution in [0.1, 0.15) is 56.1 Å². The van der Waals surface area contributed by atoms with E-state index in [1.54, 1.807) is 0 Å². The highest BCUT2D eigenvalue weighted by molar-refractivity contribution is 7.11. The molecule has 0 fully saturated rings. The molecule has 0 saturated heterocycles. The van der Waals surface area contributed by atoms with Gasteiger partial charge in [0.15, 0.2) is 0 Å². The number of aromatic nitrogens is 1. The first-order chi connectivity index (χ1) is 5.82. The van der Waals surface area contributed by atoms with Crippen LogP contribution in [0.2, 0.25) is 0 Å². The molecular formula is C11H19NS. The van der Waals surface area contributed by atoms with Crippen LogP contribution in [-0.4, -0.2) is 4.98 Å². The zero-order valence-electron chi connectivity index (χ0n) is 9.43. The van der Waals surface area contributed by atoms with Crippen LogP contribution in [0.15, 0.2) is 0 Å². The second-order valence-electron chi connectivity index (χ2n) is 4.87. The Hall–Kier alpha value is -0.370. The molecule has 0 atom stereocenters. The molecule has 0 saturated carbocycles. The van der Waals surface area contributed by atoms with Crippen LogP contribution < -0.4 is 0 Å². The molecule has 0 N–H and O–H groups in total. The van der Waals surface area contributed by atoms with Gasteiger partial charge in [0.25, 0.3) is 0 Å². The molecule has 1 rings (SSSR count). The summed E-state index contributed by atoms with van der Waals surface area (Å²) in [6.45, 7) is 13.2. The lowest BCUT2D eigenvalue weighted by molar-refractivity contribution is 0.581. The fraction of sp³-hybridized carbons (Fsp3) is 0.727. The van der Waals surface area contributed by atoms with Crippen molar-refractivity contribution in [2.75, 3.05) is 0 Å². The van der Waals surface area contributed by atoms with Crippen molar-refractivity contribution in [3.63, 3.8) is 0 Å². The van der Waals surface area contributed by atoms with Crippen LogP contribution >= 0.6 is 11.3 Å². The van der Waals surface area contributed by atoms with E-state index in [1.165, 1.54) is 15.6 Å². The van der Waals surface area contributed by atoms with Gasteiger partial charge in [0.05, 0.1) is 10.7 Å². The van der Waals surface area contributed by atoms with Crippen molar-refractivity contribution in [1.82, 2.24) is 4.98 Å². The van der Waals surface area contributed by atoms with E-state index in [9.17, 15) is 0 Å². The van der Waals surface area contributed by atoms with Gasteiger partial charge in [-0.15, -0.1) is 11.3 Å². The van der Waals surface area contributed by atoms with Crippen molar-refractivity contribution in [2.24, 2.45) is 0 Å². The molecule has 0 amide bonds. The zero-order valence-corrected chi connectivity index (χ0v) is 10.2. The smallest absolute Gasteiger partial charge is 0.0984 e. The van der Waals surface area contributed by atoms with E-state index in [0.717, 1.165) is 0 Å². The molecule has 1 nitrogen and oxygen atoms in total. The summed E-state index contributed by atoms with van der Waals surface area (Å²) >= 11 is 1.84. The average molecular weight is 197 g/mol. The molecule has 0 aromatic carbocycles. The molecule has 74 valence electrons. The lowest BCUT2D eigenvalue weighted by atomic mass is 9.98. The Bertz CT molecular complexity index is 292. The van der Waals surface area contributed by atoms with Crippen LogP contribution in [0.4, 0.5) is 0 Å². The van der Waals surface area contributed by atoms with Gasteiger partial charge in [-0.2, -0.15) is 0 Å². The molecule has 1 aromatic heterocycles. The van der Waals surface area contributed by atoms with Crippen LogP contribution in [0.5, 0.6) is 0 Å². The van der Waals surface area contributed by atoms with Gasteiger partial charge < -0.3 is 0 Å². The van der Waals surface area contributed by atoms with E-state index < -0.39 is 0 Å². The summed E-state index contributed by atoms with van der Waals surface area (Å²) < 4.78 is 0. The first-order valence-corrected chi connectivity index (χ1v) is 5.62. The van der Waals surface area contributed by atoms with Crippen LogP contribution in [-0.2, 0) is 5.41 Å². The molecule has 0 spiro atoms. The molecule has 0 unspecified atom stereocenters. The van der Waals surface area contributed by atoms with E-state index in [2.05, 4.69) is 41.5 Å². The maximum absolute atomic E-state index is 4.70. The SMILES string of the molecule is Cc1sc(C(C)(C)C)nc1C(C)C. The summed E-state index contributed by atoms with van der Waals surface area (Å²) in [4.78, 5) is 6.07. The van der Waals surface area contributed by atoms with Gasteiger partial charge in [0.1, 0.15) is 0 Å². The van der Waals surface area contributed by atoms with E-state index >= 15 is 0 Å². The molecule has 1 heterocycles. The van der Waals surface area contributed by atoms with E-state index in [-0.39, 0.29) is 5.41 Å². The Balaban J connectivity index is 3.10. The van der Waals surface area contributed by atoms with Gasteiger partial charge in [-0.1, -0.05) is 34.6 Å². The quantitative estimate of drug-likeness (QED) is 0.666. The van der Waals surface area contributed by atoms with Gasteiger partial charge in [-0.3, -0.25) is 0 Å². The minimum atomic E-state index is 0.197. The minimum absolute atomic E-state index is 0.197. The summed E-state index contributed by atoms with van der Waals surface area (Å²) in [7, 11) is 0. The van der Waals surface area contributed by atoms with E-state index in [4.69, 9.17) is 4.98 Å². The second-order valence-corrected chi connectivity index (χ2v) is 6.07. The van der Waals surface area contributed by atoms with Gasteiger partial charge in [-0.25, -0.2) is 4.98 Å². The average Bonchev–Trinajstić information content (AvgIpc) is 2.29. The van der Waals surface area contributed by atoms with E-state index in [1.807, 2.05) is 11.3 Å². The highest BCUT2D eigenvalue weighted by atomic mass is 32.1. The number of hydrogen-bond donors (Lipinski definition) is 0. The number of thiazole rings is 1. The Morgan fingerprint density at radius 2 is 1.77 bits per heavy atom. The van der Waals surface area contributed by atoms with Crippen molar-refractivity contribution < 1.29 is 0 Å². The third-order valence-corrected chi connectivity index (χ3v) is 3.43. The number of nitrogens with zero attached hydrogens (tertiary/aromatic N) is 1. The molecule has 0 aliphatic heterocycles. The molecular weight excluding hydrogens is 178 g/mol. The Labute approximate surface area is 85.2 Å². The molecule has 0 aliphatic rings. The lowest BCUT2D eigenvalue weighted by Crippen LogP contribution is -2.10. The first-order valence-electron chi connectivity index (χ1n) is 4.80. The summed E-state index contributed by atoms with van der Waals surface area (Å²) in [5.74, 6) is 0.548. The maximum atomic E-state index is 4.70. The molecule has 1 aromatic rings. The predicted octanol–water partition coefficient (Wildman–Crippen LogP) is 3.87.